The Morgan fingerprint density at radius 1 is 1.50 bits per heavy atom. The summed E-state index contributed by atoms with van der Waals surface area (Å²) < 4.78 is 0. The number of benzene rings is 1. The van der Waals surface area contributed by atoms with Gasteiger partial charge in [-0.1, -0.05) is 18.2 Å². The van der Waals surface area contributed by atoms with Gasteiger partial charge in [0, 0.05) is 31.4 Å². The molecule has 1 aliphatic heterocycles. The van der Waals surface area contributed by atoms with Crippen LogP contribution in [0.1, 0.15) is 12.0 Å². The van der Waals surface area contributed by atoms with Gasteiger partial charge in [-0.2, -0.15) is 5.26 Å². The van der Waals surface area contributed by atoms with Crippen LogP contribution in [-0.2, 0) is 0 Å². The van der Waals surface area contributed by atoms with Crippen LogP contribution in [0, 0.1) is 18.3 Å². The first-order chi connectivity index (χ1) is 7.81. The van der Waals surface area contributed by atoms with E-state index in [4.69, 9.17) is 5.26 Å². The van der Waals surface area contributed by atoms with Gasteiger partial charge in [-0.25, -0.2) is 0 Å². The number of anilines is 1. The Bertz CT molecular complexity index is 394. The van der Waals surface area contributed by atoms with Gasteiger partial charge in [-0.05, 0) is 18.6 Å². The van der Waals surface area contributed by atoms with Crippen LogP contribution in [0.3, 0.4) is 0 Å². The maximum atomic E-state index is 8.72. The molecule has 1 saturated heterocycles. The Kier molecular flexibility index (Phi) is 3.43. The van der Waals surface area contributed by atoms with Gasteiger partial charge in [0.25, 0.3) is 0 Å². The fraction of sp³-hybridized carbons (Fsp3) is 0.462. The van der Waals surface area contributed by atoms with Crippen molar-refractivity contribution in [2.24, 2.45) is 0 Å². The molecule has 1 atom stereocenters. The zero-order chi connectivity index (χ0) is 11.4. The first-order valence-corrected chi connectivity index (χ1v) is 5.72. The van der Waals surface area contributed by atoms with E-state index in [9.17, 15) is 0 Å². The highest BCUT2D eigenvalue weighted by Gasteiger charge is 2.19. The van der Waals surface area contributed by atoms with Gasteiger partial charge in [-0.15, -0.1) is 0 Å². The summed E-state index contributed by atoms with van der Waals surface area (Å²) >= 11 is 0. The van der Waals surface area contributed by atoms with E-state index in [0.29, 0.717) is 12.5 Å². The topological polar surface area (TPSA) is 39.1 Å². The standard InChI is InChI=1S/C13H17N3/c1-11-4-2-3-5-13(11)16-9-8-15-12(10-16)6-7-14/h2-5,12,15H,6,8-10H2,1H3. The van der Waals surface area contributed by atoms with Crippen molar-refractivity contribution in [1.29, 1.82) is 5.26 Å². The van der Waals surface area contributed by atoms with Gasteiger partial charge in [-0.3, -0.25) is 0 Å². The fourth-order valence-corrected chi connectivity index (χ4v) is 2.21. The number of hydrogen-bond donors (Lipinski definition) is 1. The summed E-state index contributed by atoms with van der Waals surface area (Å²) in [5.41, 5.74) is 2.60. The van der Waals surface area contributed by atoms with Gasteiger partial charge in [0.15, 0.2) is 0 Å². The number of nitriles is 1. The molecule has 1 heterocycles. The van der Waals surface area contributed by atoms with Gasteiger partial charge in [0.1, 0.15) is 0 Å². The molecule has 0 aliphatic carbocycles. The number of aryl methyl sites for hydroxylation is 1. The summed E-state index contributed by atoms with van der Waals surface area (Å²) in [6.45, 7) is 5.04. The normalized spacial score (nSPS) is 20.5. The third-order valence-corrected chi connectivity index (χ3v) is 3.05. The highest BCUT2D eigenvalue weighted by atomic mass is 15.2. The summed E-state index contributed by atoms with van der Waals surface area (Å²) in [4.78, 5) is 2.37. The average molecular weight is 215 g/mol. The number of para-hydroxylation sites is 1. The van der Waals surface area contributed by atoms with E-state index >= 15 is 0 Å². The Labute approximate surface area is 96.7 Å². The second-order valence-electron chi connectivity index (χ2n) is 4.25. The minimum Gasteiger partial charge on any atom is -0.368 e. The molecule has 3 heteroatoms. The molecule has 1 N–H and O–H groups in total. The minimum absolute atomic E-state index is 0.304. The molecule has 0 amide bonds. The molecule has 1 unspecified atom stereocenters. The molecule has 0 aromatic heterocycles. The van der Waals surface area contributed by atoms with Crippen molar-refractivity contribution < 1.29 is 0 Å². The van der Waals surface area contributed by atoms with Crippen molar-refractivity contribution in [2.75, 3.05) is 24.5 Å². The fourth-order valence-electron chi connectivity index (χ4n) is 2.21. The first kappa shape index (κ1) is 11.0. The lowest BCUT2D eigenvalue weighted by molar-refractivity contribution is 0.462. The van der Waals surface area contributed by atoms with Gasteiger partial charge < -0.3 is 10.2 Å². The lowest BCUT2D eigenvalue weighted by Gasteiger charge is -2.35. The predicted octanol–water partition coefficient (Wildman–Crippen LogP) is 1.69. The number of rotatable bonds is 2. The smallest absolute Gasteiger partial charge is 0.0638 e. The van der Waals surface area contributed by atoms with Crippen LogP contribution >= 0.6 is 0 Å². The largest absolute Gasteiger partial charge is 0.368 e. The molecule has 0 spiro atoms. The van der Waals surface area contributed by atoms with E-state index in [0.717, 1.165) is 19.6 Å². The molecule has 0 radical (unpaired) electrons. The van der Waals surface area contributed by atoms with Crippen LogP contribution in [-0.4, -0.2) is 25.7 Å². The molecular weight excluding hydrogens is 198 g/mol. The van der Waals surface area contributed by atoms with Crippen molar-refractivity contribution in [2.45, 2.75) is 19.4 Å². The average Bonchev–Trinajstić information content (AvgIpc) is 2.30. The lowest BCUT2D eigenvalue weighted by atomic mass is 10.1. The minimum atomic E-state index is 0.304. The van der Waals surface area contributed by atoms with E-state index in [1.807, 2.05) is 0 Å². The van der Waals surface area contributed by atoms with Gasteiger partial charge in [0.2, 0.25) is 0 Å². The van der Waals surface area contributed by atoms with E-state index in [-0.39, 0.29) is 0 Å². The molecule has 16 heavy (non-hydrogen) atoms. The first-order valence-electron chi connectivity index (χ1n) is 5.72. The monoisotopic (exact) mass is 215 g/mol. The van der Waals surface area contributed by atoms with Gasteiger partial charge in [0.05, 0.1) is 12.5 Å². The summed E-state index contributed by atoms with van der Waals surface area (Å²) in [6.07, 6.45) is 0.586. The third kappa shape index (κ3) is 2.34. The second kappa shape index (κ2) is 5.00. The Balaban J connectivity index is 2.10. The molecule has 2 rings (SSSR count). The van der Waals surface area contributed by atoms with E-state index in [1.165, 1.54) is 11.3 Å². The molecule has 84 valence electrons. The molecule has 1 aromatic carbocycles. The van der Waals surface area contributed by atoms with E-state index < -0.39 is 0 Å². The molecule has 1 aliphatic rings. The van der Waals surface area contributed by atoms with E-state index in [2.05, 4.69) is 47.5 Å². The highest BCUT2D eigenvalue weighted by Crippen LogP contribution is 2.20. The molecule has 0 saturated carbocycles. The van der Waals surface area contributed by atoms with Crippen molar-refractivity contribution in [3.05, 3.63) is 29.8 Å². The number of hydrogen-bond acceptors (Lipinski definition) is 3. The SMILES string of the molecule is Cc1ccccc1N1CCNC(CC#N)C1. The van der Waals surface area contributed by atoms with Crippen LogP contribution in [0.25, 0.3) is 0 Å². The molecule has 1 fully saturated rings. The quantitative estimate of drug-likeness (QED) is 0.816. The zero-order valence-corrected chi connectivity index (χ0v) is 9.61. The number of nitrogens with zero attached hydrogens (tertiary/aromatic N) is 2. The number of nitrogens with one attached hydrogen (secondary N) is 1. The van der Waals surface area contributed by atoms with Crippen LogP contribution in [0.2, 0.25) is 0 Å². The van der Waals surface area contributed by atoms with Crippen molar-refractivity contribution in [1.82, 2.24) is 5.32 Å². The maximum absolute atomic E-state index is 8.72. The summed E-state index contributed by atoms with van der Waals surface area (Å²) in [6, 6.07) is 11.0. The molecule has 0 bridgehead atoms. The van der Waals surface area contributed by atoms with Crippen LogP contribution in [0.5, 0.6) is 0 Å². The Hall–Kier alpha value is -1.53. The Morgan fingerprint density at radius 3 is 3.06 bits per heavy atom. The lowest BCUT2D eigenvalue weighted by Crippen LogP contribution is -2.50. The molecular formula is C13H17N3. The Morgan fingerprint density at radius 2 is 2.31 bits per heavy atom. The van der Waals surface area contributed by atoms with Crippen molar-refractivity contribution in [3.63, 3.8) is 0 Å². The van der Waals surface area contributed by atoms with Crippen molar-refractivity contribution >= 4 is 5.69 Å². The predicted molar refractivity (Wildman–Crippen MR) is 65.4 cm³/mol. The molecule has 3 nitrogen and oxygen atoms in total. The van der Waals surface area contributed by atoms with Crippen molar-refractivity contribution in [3.8, 4) is 6.07 Å². The molecule has 1 aromatic rings. The second-order valence-corrected chi connectivity index (χ2v) is 4.25. The highest BCUT2D eigenvalue weighted by molar-refractivity contribution is 5.53. The third-order valence-electron chi connectivity index (χ3n) is 3.05. The number of piperazine rings is 1. The van der Waals surface area contributed by atoms with E-state index in [1.54, 1.807) is 0 Å². The van der Waals surface area contributed by atoms with Gasteiger partial charge >= 0.3 is 0 Å². The zero-order valence-electron chi connectivity index (χ0n) is 9.61. The van der Waals surface area contributed by atoms with Crippen LogP contribution in [0.4, 0.5) is 5.69 Å². The summed E-state index contributed by atoms with van der Waals surface area (Å²) in [5.74, 6) is 0. The summed E-state index contributed by atoms with van der Waals surface area (Å²) in [5, 5.41) is 12.1. The summed E-state index contributed by atoms with van der Waals surface area (Å²) in [7, 11) is 0. The van der Waals surface area contributed by atoms with Crippen LogP contribution < -0.4 is 10.2 Å². The van der Waals surface area contributed by atoms with Crippen LogP contribution in [0.15, 0.2) is 24.3 Å². The maximum Gasteiger partial charge on any atom is 0.0638 e.